The molecule has 0 amide bonds. The molecule has 0 radical (unpaired) electrons. The third-order valence-corrected chi connectivity index (χ3v) is 5.32. The predicted octanol–water partition coefficient (Wildman–Crippen LogP) is 4.54. The smallest absolute Gasteiger partial charge is 0.259 e. The van der Waals surface area contributed by atoms with Gasteiger partial charge in [0.1, 0.15) is 5.82 Å². The van der Waals surface area contributed by atoms with Gasteiger partial charge in [0.05, 0.1) is 11.3 Å². The molecule has 2 heterocycles. The van der Waals surface area contributed by atoms with E-state index < -0.39 is 0 Å². The van der Waals surface area contributed by atoms with Crippen LogP contribution in [0.4, 0.5) is 11.5 Å². The van der Waals surface area contributed by atoms with Crippen molar-refractivity contribution in [2.45, 2.75) is 76.8 Å². The van der Waals surface area contributed by atoms with E-state index in [1.54, 1.807) is 0 Å². The van der Waals surface area contributed by atoms with Gasteiger partial charge in [-0.05, 0) is 38.7 Å². The molecule has 2 aromatic rings. The fourth-order valence-corrected chi connectivity index (χ4v) is 3.95. The third kappa shape index (κ3) is 3.94. The molecule has 0 spiro atoms. The first-order valence-electron chi connectivity index (χ1n) is 9.62. The van der Waals surface area contributed by atoms with Crippen molar-refractivity contribution in [2.75, 3.05) is 10.6 Å². The maximum atomic E-state index is 5.32. The van der Waals surface area contributed by atoms with Crippen LogP contribution < -0.4 is 10.6 Å². The SMILES string of the molecule is Cc1noc(-c2cnc(NC3CCCC3)c(NC3CCCCC3)c2)n1. The number of nitrogens with one attached hydrogen (secondary N) is 2. The molecule has 2 saturated carbocycles. The van der Waals surface area contributed by atoms with Gasteiger partial charge in [0.2, 0.25) is 0 Å². The summed E-state index contributed by atoms with van der Waals surface area (Å²) in [4.78, 5) is 9.03. The molecule has 2 aromatic heterocycles. The van der Waals surface area contributed by atoms with Crippen LogP contribution in [0.1, 0.15) is 63.6 Å². The summed E-state index contributed by atoms with van der Waals surface area (Å²) in [6.45, 7) is 1.83. The van der Waals surface area contributed by atoms with Crippen LogP contribution in [0.25, 0.3) is 11.5 Å². The lowest BCUT2D eigenvalue weighted by atomic mass is 9.95. The van der Waals surface area contributed by atoms with Crippen molar-refractivity contribution >= 4 is 11.5 Å². The van der Waals surface area contributed by atoms with Crippen LogP contribution in [-0.2, 0) is 0 Å². The molecule has 0 aliphatic heterocycles. The zero-order chi connectivity index (χ0) is 17.1. The zero-order valence-electron chi connectivity index (χ0n) is 14.9. The van der Waals surface area contributed by atoms with Gasteiger partial charge in [0.15, 0.2) is 5.82 Å². The van der Waals surface area contributed by atoms with Crippen molar-refractivity contribution in [3.8, 4) is 11.5 Å². The van der Waals surface area contributed by atoms with Crippen LogP contribution in [0, 0.1) is 6.92 Å². The summed E-state index contributed by atoms with van der Waals surface area (Å²) < 4.78 is 5.32. The molecule has 0 saturated heterocycles. The van der Waals surface area contributed by atoms with E-state index in [9.17, 15) is 0 Å². The van der Waals surface area contributed by atoms with Gasteiger partial charge in [-0.15, -0.1) is 0 Å². The van der Waals surface area contributed by atoms with Gasteiger partial charge in [-0.3, -0.25) is 0 Å². The van der Waals surface area contributed by atoms with Gasteiger partial charge >= 0.3 is 0 Å². The maximum absolute atomic E-state index is 5.32. The minimum absolute atomic E-state index is 0.527. The first-order valence-corrected chi connectivity index (χ1v) is 9.62. The van der Waals surface area contributed by atoms with Crippen LogP contribution in [0.3, 0.4) is 0 Å². The molecule has 0 aromatic carbocycles. The molecule has 2 fully saturated rings. The van der Waals surface area contributed by atoms with Gasteiger partial charge in [0, 0.05) is 18.3 Å². The monoisotopic (exact) mass is 341 g/mol. The Kier molecular flexibility index (Phi) is 4.85. The molecule has 6 nitrogen and oxygen atoms in total. The summed E-state index contributed by atoms with van der Waals surface area (Å²) >= 11 is 0. The summed E-state index contributed by atoms with van der Waals surface area (Å²) in [6, 6.07) is 3.17. The van der Waals surface area contributed by atoms with E-state index in [-0.39, 0.29) is 0 Å². The second kappa shape index (κ2) is 7.42. The minimum Gasteiger partial charge on any atom is -0.379 e. The molecule has 2 aliphatic rings. The Morgan fingerprint density at radius 2 is 1.64 bits per heavy atom. The van der Waals surface area contributed by atoms with Crippen LogP contribution in [0.5, 0.6) is 0 Å². The number of hydrogen-bond donors (Lipinski definition) is 2. The lowest BCUT2D eigenvalue weighted by Gasteiger charge is -2.26. The Labute approximate surface area is 148 Å². The molecule has 0 atom stereocenters. The van der Waals surface area contributed by atoms with Gasteiger partial charge in [-0.2, -0.15) is 4.98 Å². The van der Waals surface area contributed by atoms with E-state index in [2.05, 4.69) is 26.8 Å². The summed E-state index contributed by atoms with van der Waals surface area (Å²) in [7, 11) is 0. The second-order valence-corrected chi connectivity index (χ2v) is 7.37. The van der Waals surface area contributed by atoms with E-state index in [0.29, 0.717) is 23.8 Å². The molecule has 25 heavy (non-hydrogen) atoms. The number of anilines is 2. The van der Waals surface area contributed by atoms with E-state index in [4.69, 9.17) is 9.51 Å². The second-order valence-electron chi connectivity index (χ2n) is 7.37. The summed E-state index contributed by atoms with van der Waals surface area (Å²) in [5.41, 5.74) is 1.93. The highest BCUT2D eigenvalue weighted by Gasteiger charge is 2.20. The van der Waals surface area contributed by atoms with Crippen LogP contribution in [0.2, 0.25) is 0 Å². The van der Waals surface area contributed by atoms with Crippen LogP contribution in [-0.4, -0.2) is 27.2 Å². The summed E-state index contributed by atoms with van der Waals surface area (Å²) in [5.74, 6) is 2.13. The Bertz CT molecular complexity index is 702. The number of aromatic nitrogens is 3. The Balaban J connectivity index is 1.59. The molecule has 0 bridgehead atoms. The molecule has 2 N–H and O–H groups in total. The number of hydrogen-bond acceptors (Lipinski definition) is 6. The predicted molar refractivity (Wildman–Crippen MR) is 98.6 cm³/mol. The number of aryl methyl sites for hydroxylation is 1. The van der Waals surface area contributed by atoms with E-state index in [1.807, 2.05) is 13.1 Å². The van der Waals surface area contributed by atoms with Gasteiger partial charge in [0.25, 0.3) is 5.89 Å². The molecule has 4 rings (SSSR count). The summed E-state index contributed by atoms with van der Waals surface area (Å²) in [6.07, 6.45) is 13.3. The third-order valence-electron chi connectivity index (χ3n) is 5.32. The highest BCUT2D eigenvalue weighted by molar-refractivity contribution is 5.71. The van der Waals surface area contributed by atoms with Crippen molar-refractivity contribution in [3.63, 3.8) is 0 Å². The van der Waals surface area contributed by atoms with Crippen LogP contribution >= 0.6 is 0 Å². The van der Waals surface area contributed by atoms with Crippen molar-refractivity contribution in [1.82, 2.24) is 15.1 Å². The maximum Gasteiger partial charge on any atom is 0.259 e. The van der Waals surface area contributed by atoms with E-state index in [1.165, 1.54) is 57.8 Å². The normalized spacial score (nSPS) is 19.2. The first kappa shape index (κ1) is 16.4. The highest BCUT2D eigenvalue weighted by atomic mass is 16.5. The molecule has 6 heteroatoms. The number of nitrogens with zero attached hydrogens (tertiary/aromatic N) is 3. The first-order chi connectivity index (χ1) is 12.3. The standard InChI is InChI=1S/C19H27N5O/c1-13-21-19(25-24-13)14-11-17(22-15-7-3-2-4-8-15)18(20-12-14)23-16-9-5-6-10-16/h11-12,15-16,22H,2-10H2,1H3,(H,20,23). The summed E-state index contributed by atoms with van der Waals surface area (Å²) in [5, 5.41) is 11.3. The molecular weight excluding hydrogens is 314 g/mol. The quantitative estimate of drug-likeness (QED) is 0.831. The van der Waals surface area contributed by atoms with Crippen molar-refractivity contribution in [2.24, 2.45) is 0 Å². The Morgan fingerprint density at radius 3 is 2.32 bits per heavy atom. The van der Waals surface area contributed by atoms with Crippen molar-refractivity contribution in [1.29, 1.82) is 0 Å². The fraction of sp³-hybridized carbons (Fsp3) is 0.632. The Hall–Kier alpha value is -2.11. The van der Waals surface area contributed by atoms with E-state index >= 15 is 0 Å². The van der Waals surface area contributed by atoms with Gasteiger partial charge in [-0.1, -0.05) is 37.3 Å². The van der Waals surface area contributed by atoms with Gasteiger partial charge < -0.3 is 15.2 Å². The molecule has 2 aliphatic carbocycles. The van der Waals surface area contributed by atoms with Crippen molar-refractivity contribution < 1.29 is 4.52 Å². The lowest BCUT2D eigenvalue weighted by molar-refractivity contribution is 0.425. The van der Waals surface area contributed by atoms with Crippen LogP contribution in [0.15, 0.2) is 16.8 Å². The topological polar surface area (TPSA) is 75.9 Å². The average molecular weight is 341 g/mol. The molecular formula is C19H27N5O. The minimum atomic E-state index is 0.527. The Morgan fingerprint density at radius 1 is 0.960 bits per heavy atom. The zero-order valence-corrected chi connectivity index (χ0v) is 14.9. The largest absolute Gasteiger partial charge is 0.379 e. The number of rotatable bonds is 5. The van der Waals surface area contributed by atoms with Crippen molar-refractivity contribution in [3.05, 3.63) is 18.1 Å². The van der Waals surface area contributed by atoms with Gasteiger partial charge in [-0.25, -0.2) is 4.98 Å². The highest BCUT2D eigenvalue weighted by Crippen LogP contribution is 2.31. The lowest BCUT2D eigenvalue weighted by Crippen LogP contribution is -2.24. The molecule has 134 valence electrons. The number of pyridine rings is 1. The average Bonchev–Trinajstić information content (AvgIpc) is 3.29. The molecule has 0 unspecified atom stereocenters. The fourth-order valence-electron chi connectivity index (χ4n) is 3.95. The van der Waals surface area contributed by atoms with E-state index in [0.717, 1.165) is 17.1 Å².